The molecular weight excluding hydrogens is 69.0 g/mol. The second kappa shape index (κ2) is 4.96. The van der Waals surface area contributed by atoms with Crippen LogP contribution in [-0.2, 0) is 0 Å². The monoisotopic (exact) mass is 75.1 g/mol. The maximum absolute atomic E-state index is 6.33. The van der Waals surface area contributed by atoms with Crippen LogP contribution in [0.3, 0.4) is 0 Å². The normalized spacial score (nSPS) is 4.83. The van der Waals surface area contributed by atoms with Crippen molar-refractivity contribution >= 4 is 0 Å². The predicted octanol–water partition coefficient (Wildman–Crippen LogP) is -2.90. The number of rotatable bonds is 0. The van der Waals surface area contributed by atoms with E-state index in [0.717, 1.165) is 0 Å². The van der Waals surface area contributed by atoms with Gasteiger partial charge in [-0.25, -0.2) is 0 Å². The molecule has 6 heavy (non-hydrogen) atoms. The first-order chi connectivity index (χ1) is 2.27. The van der Waals surface area contributed by atoms with Crippen molar-refractivity contribution in [2.45, 2.75) is 0 Å². The molecule has 0 fully saturated rings. The van der Waals surface area contributed by atoms with Crippen molar-refractivity contribution in [3.63, 3.8) is 0 Å². The topological polar surface area (TPSA) is 3.24 Å². The van der Waals surface area contributed by atoms with E-state index in [1.807, 2.05) is 0 Å². The summed E-state index contributed by atoms with van der Waals surface area (Å²) in [6.07, 6.45) is 6.33. The van der Waals surface area contributed by atoms with Crippen LogP contribution in [0.15, 0.2) is 0 Å². The molecule has 0 aromatic heterocycles. The van der Waals surface area contributed by atoms with E-state index in [1.54, 1.807) is 19.0 Å². The fraction of sp³-hybridized carbons (Fsp3) is 0.500. The zero-order valence-corrected chi connectivity index (χ0v) is 4.45. The molecule has 0 saturated carbocycles. The second-order valence-corrected chi connectivity index (χ2v) is 1.01. The first-order valence-electron chi connectivity index (χ1n) is 1.37. The summed E-state index contributed by atoms with van der Waals surface area (Å²) in [5.41, 5.74) is 0. The Kier molecular flexibility index (Phi) is 7.72. The van der Waals surface area contributed by atoms with Gasteiger partial charge in [0.2, 0.25) is 0 Å². The maximum Gasteiger partial charge on any atom is 1.00 e. The standard InChI is InChI=1S/C4H6N.Li/c1-4-5(2)3;/h2-3H3;/q-1;+1. The van der Waals surface area contributed by atoms with Gasteiger partial charge < -0.3 is 11.3 Å². The Bertz CT molecular complexity index is 53.1. The van der Waals surface area contributed by atoms with E-state index in [-0.39, 0.29) is 18.9 Å². The Morgan fingerprint density at radius 3 is 1.67 bits per heavy atom. The summed E-state index contributed by atoms with van der Waals surface area (Å²) in [6, 6.07) is 2.11. The summed E-state index contributed by atoms with van der Waals surface area (Å²) in [6.45, 7) is 0. The molecule has 0 spiro atoms. The summed E-state index contributed by atoms with van der Waals surface area (Å²) in [5, 5.41) is 0. The fourth-order valence-corrected chi connectivity index (χ4v) is 0. The smallest absolute Gasteiger partial charge is 0.670 e. The average molecular weight is 75.0 g/mol. The Labute approximate surface area is 50.9 Å². The minimum atomic E-state index is 0. The molecule has 0 aromatic carbocycles. The van der Waals surface area contributed by atoms with E-state index in [9.17, 15) is 0 Å². The van der Waals surface area contributed by atoms with Crippen LogP contribution in [-0.4, -0.2) is 19.0 Å². The third-order valence-electron chi connectivity index (χ3n) is 0.224. The molecule has 0 saturated heterocycles. The van der Waals surface area contributed by atoms with Crippen LogP contribution >= 0.6 is 0 Å². The SMILES string of the molecule is [C-]#CN(C)C.[Li+]. The molecule has 0 aromatic rings. The third kappa shape index (κ3) is 9.03. The van der Waals surface area contributed by atoms with Gasteiger partial charge in [0.15, 0.2) is 0 Å². The maximum atomic E-state index is 6.33. The van der Waals surface area contributed by atoms with Gasteiger partial charge >= 0.3 is 18.9 Å². The minimum Gasteiger partial charge on any atom is -0.670 e. The van der Waals surface area contributed by atoms with E-state index in [2.05, 4.69) is 6.04 Å². The first kappa shape index (κ1) is 9.35. The molecular formula is C4H6LiN. The van der Waals surface area contributed by atoms with Gasteiger partial charge in [0.05, 0.1) is 0 Å². The van der Waals surface area contributed by atoms with Crippen LogP contribution in [0.25, 0.3) is 0 Å². The van der Waals surface area contributed by atoms with Crippen LogP contribution in [0, 0.1) is 12.5 Å². The molecule has 0 radical (unpaired) electrons. The third-order valence-corrected chi connectivity index (χ3v) is 0.224. The molecule has 0 amide bonds. The van der Waals surface area contributed by atoms with Crippen LogP contribution in [0.1, 0.15) is 0 Å². The van der Waals surface area contributed by atoms with Gasteiger partial charge in [0.1, 0.15) is 0 Å². The van der Waals surface area contributed by atoms with Gasteiger partial charge in [0, 0.05) is 14.1 Å². The molecule has 0 bridgehead atoms. The van der Waals surface area contributed by atoms with Crippen molar-refractivity contribution < 1.29 is 18.9 Å². The van der Waals surface area contributed by atoms with Crippen molar-refractivity contribution in [1.82, 2.24) is 4.90 Å². The Hall–Kier alpha value is -0.0426. The van der Waals surface area contributed by atoms with Crippen molar-refractivity contribution in [2.24, 2.45) is 0 Å². The molecule has 2 heteroatoms. The Balaban J connectivity index is 0. The summed E-state index contributed by atoms with van der Waals surface area (Å²) in [7, 11) is 3.51. The van der Waals surface area contributed by atoms with Crippen molar-refractivity contribution in [2.75, 3.05) is 14.1 Å². The second-order valence-electron chi connectivity index (χ2n) is 1.01. The molecule has 0 aliphatic rings. The van der Waals surface area contributed by atoms with Gasteiger partial charge in [0.25, 0.3) is 0 Å². The van der Waals surface area contributed by atoms with Crippen LogP contribution in [0.4, 0.5) is 0 Å². The number of hydrogen-bond donors (Lipinski definition) is 0. The largest absolute Gasteiger partial charge is 1.00 e. The van der Waals surface area contributed by atoms with Crippen LogP contribution in [0.5, 0.6) is 0 Å². The Morgan fingerprint density at radius 1 is 1.50 bits per heavy atom. The summed E-state index contributed by atoms with van der Waals surface area (Å²) < 4.78 is 0. The van der Waals surface area contributed by atoms with Crippen LogP contribution in [0.2, 0.25) is 0 Å². The van der Waals surface area contributed by atoms with Gasteiger partial charge in [-0.05, 0) is 0 Å². The quantitative estimate of drug-likeness (QED) is 0.129. The van der Waals surface area contributed by atoms with Gasteiger partial charge in [-0.2, -0.15) is 0 Å². The molecule has 1 nitrogen and oxygen atoms in total. The first-order valence-corrected chi connectivity index (χ1v) is 1.37. The van der Waals surface area contributed by atoms with Crippen LogP contribution < -0.4 is 18.9 Å². The minimum absolute atomic E-state index is 0. The molecule has 0 unspecified atom stereocenters. The number of hydrogen-bond acceptors (Lipinski definition) is 1. The zero-order valence-electron chi connectivity index (χ0n) is 4.45. The van der Waals surface area contributed by atoms with Gasteiger partial charge in [-0.3, -0.25) is 6.04 Å². The van der Waals surface area contributed by atoms with Gasteiger partial charge in [-0.1, -0.05) is 0 Å². The fourth-order valence-electron chi connectivity index (χ4n) is 0. The Morgan fingerprint density at radius 2 is 1.67 bits per heavy atom. The van der Waals surface area contributed by atoms with E-state index >= 15 is 0 Å². The van der Waals surface area contributed by atoms with E-state index in [1.165, 1.54) is 0 Å². The zero-order chi connectivity index (χ0) is 4.28. The molecule has 0 N–H and O–H groups in total. The molecule has 0 aliphatic heterocycles. The molecule has 0 aliphatic carbocycles. The molecule has 28 valence electrons. The van der Waals surface area contributed by atoms with Crippen molar-refractivity contribution in [3.8, 4) is 6.04 Å². The van der Waals surface area contributed by atoms with Crippen molar-refractivity contribution in [1.29, 1.82) is 0 Å². The van der Waals surface area contributed by atoms with Gasteiger partial charge in [-0.15, -0.1) is 0 Å². The molecule has 0 heterocycles. The van der Waals surface area contributed by atoms with E-state index in [4.69, 9.17) is 6.42 Å². The van der Waals surface area contributed by atoms with E-state index in [0.29, 0.717) is 0 Å². The summed E-state index contributed by atoms with van der Waals surface area (Å²) >= 11 is 0. The average Bonchev–Trinajstić information content (AvgIpc) is 1.38. The van der Waals surface area contributed by atoms with E-state index < -0.39 is 0 Å². The summed E-state index contributed by atoms with van der Waals surface area (Å²) in [5.74, 6) is 0. The summed E-state index contributed by atoms with van der Waals surface area (Å²) in [4.78, 5) is 1.54. The predicted molar refractivity (Wildman–Crippen MR) is 20.8 cm³/mol. The number of nitrogens with zero attached hydrogens (tertiary/aromatic N) is 1. The molecule has 0 atom stereocenters. The van der Waals surface area contributed by atoms with Crippen molar-refractivity contribution in [3.05, 3.63) is 6.42 Å². The molecule has 0 rings (SSSR count).